The van der Waals surface area contributed by atoms with Crippen molar-refractivity contribution in [2.24, 2.45) is 0 Å². The van der Waals surface area contributed by atoms with Crippen LogP contribution in [0.25, 0.3) is 0 Å². The molecule has 0 amide bonds. The molecular formula is C28H28Cl2N4Si2. The molecule has 2 saturated heterocycles. The highest BCUT2D eigenvalue weighted by Crippen LogP contribution is 2.49. The van der Waals surface area contributed by atoms with Crippen molar-refractivity contribution >= 4 is 59.4 Å². The fourth-order valence-electron chi connectivity index (χ4n) is 5.60. The third-order valence-corrected chi connectivity index (χ3v) is 26.5. The normalized spacial score (nSPS) is 18.6. The predicted octanol–water partition coefficient (Wildman–Crippen LogP) is 6.47. The summed E-state index contributed by atoms with van der Waals surface area (Å²) in [5.41, 5.74) is 4.55. The molecule has 4 aromatic rings. The molecule has 0 unspecified atom stereocenters. The van der Waals surface area contributed by atoms with Crippen molar-refractivity contribution in [1.82, 2.24) is 0 Å². The summed E-state index contributed by atoms with van der Waals surface area (Å²) >= 11 is 16.5. The zero-order valence-electron chi connectivity index (χ0n) is 19.9. The van der Waals surface area contributed by atoms with E-state index in [9.17, 15) is 0 Å². The maximum atomic E-state index is 8.25. The van der Waals surface area contributed by atoms with Crippen molar-refractivity contribution in [2.45, 2.75) is 0 Å². The van der Waals surface area contributed by atoms with E-state index < -0.39 is 14.4 Å². The smallest absolute Gasteiger partial charge is 0.366 e. The number of rotatable bonds is 5. The molecular weight excluding hydrogens is 519 g/mol. The summed E-state index contributed by atoms with van der Waals surface area (Å²) in [5.74, 6) is 0. The van der Waals surface area contributed by atoms with Crippen LogP contribution in [0.1, 0.15) is 0 Å². The van der Waals surface area contributed by atoms with Gasteiger partial charge in [-0.05, 0) is 48.5 Å². The number of benzene rings is 4. The van der Waals surface area contributed by atoms with E-state index in [1.54, 1.807) is 0 Å². The molecule has 0 spiro atoms. The Labute approximate surface area is 224 Å². The molecule has 8 heteroatoms. The van der Waals surface area contributed by atoms with Gasteiger partial charge in [0.15, 0.2) is 0 Å². The van der Waals surface area contributed by atoms with Crippen LogP contribution in [0.15, 0.2) is 121 Å². The molecule has 0 radical (unpaired) electrons. The average Bonchev–Trinajstić information content (AvgIpc) is 3.49. The van der Waals surface area contributed by atoms with Gasteiger partial charge in [0, 0.05) is 48.9 Å². The summed E-state index contributed by atoms with van der Waals surface area (Å²) in [5, 5.41) is 0. The number of hydrogen-bond acceptors (Lipinski definition) is 4. The molecule has 2 aliphatic rings. The Morgan fingerprint density at radius 2 is 0.556 bits per heavy atom. The van der Waals surface area contributed by atoms with Gasteiger partial charge < -0.3 is 18.3 Å². The minimum Gasteiger partial charge on any atom is -0.366 e. The van der Waals surface area contributed by atoms with Crippen LogP contribution in [-0.4, -0.2) is 40.6 Å². The van der Waals surface area contributed by atoms with Gasteiger partial charge in [-0.1, -0.05) is 72.8 Å². The predicted molar refractivity (Wildman–Crippen MR) is 158 cm³/mol. The molecule has 0 atom stereocenters. The number of hydrogen-bond donors (Lipinski definition) is 0. The number of anilines is 4. The van der Waals surface area contributed by atoms with Crippen LogP contribution in [0.4, 0.5) is 22.7 Å². The van der Waals surface area contributed by atoms with Gasteiger partial charge in [0.2, 0.25) is 0 Å². The van der Waals surface area contributed by atoms with Crippen molar-refractivity contribution < 1.29 is 0 Å². The van der Waals surface area contributed by atoms with Crippen LogP contribution in [-0.2, 0) is 0 Å². The molecule has 0 bridgehead atoms. The van der Waals surface area contributed by atoms with E-state index in [4.69, 9.17) is 22.2 Å². The Morgan fingerprint density at radius 1 is 0.361 bits per heavy atom. The minimum absolute atomic E-state index is 0.835. The molecule has 0 aromatic heterocycles. The van der Waals surface area contributed by atoms with Gasteiger partial charge in [-0.3, -0.25) is 0 Å². The first-order chi connectivity index (χ1) is 17.6. The molecule has 182 valence electrons. The zero-order chi connectivity index (χ0) is 24.6. The largest absolute Gasteiger partial charge is 0.414 e. The lowest BCUT2D eigenvalue weighted by atomic mass is 10.3. The highest BCUT2D eigenvalue weighted by Gasteiger charge is 2.75. The summed E-state index contributed by atoms with van der Waals surface area (Å²) in [7, 11) is -6.23. The van der Waals surface area contributed by atoms with E-state index in [1.165, 1.54) is 0 Å². The Hall–Kier alpha value is -2.91. The SMILES string of the molecule is Cl[Si]1([Si]2(Cl)N(c3ccccc3)CCN2c2ccccc2)N(c2ccccc2)CCN1c1ccccc1. The van der Waals surface area contributed by atoms with Crippen molar-refractivity contribution in [2.75, 3.05) is 44.4 Å². The van der Waals surface area contributed by atoms with Crippen LogP contribution in [0.5, 0.6) is 0 Å². The zero-order valence-corrected chi connectivity index (χ0v) is 23.4. The Morgan fingerprint density at radius 3 is 0.750 bits per heavy atom. The Balaban J connectivity index is 1.59. The molecule has 2 aliphatic heterocycles. The van der Waals surface area contributed by atoms with E-state index in [1.807, 2.05) is 0 Å². The van der Waals surface area contributed by atoms with Crippen LogP contribution in [0.2, 0.25) is 0 Å². The molecule has 2 heterocycles. The maximum absolute atomic E-state index is 8.25. The summed E-state index contributed by atoms with van der Waals surface area (Å²) in [6.07, 6.45) is 0. The highest BCUT2D eigenvalue weighted by atomic mass is 35.6. The van der Waals surface area contributed by atoms with E-state index >= 15 is 0 Å². The van der Waals surface area contributed by atoms with Crippen molar-refractivity contribution in [3.05, 3.63) is 121 Å². The summed E-state index contributed by atoms with van der Waals surface area (Å²) in [6, 6.07) is 42.3. The molecule has 6 rings (SSSR count). The molecule has 0 N–H and O–H groups in total. The van der Waals surface area contributed by atoms with E-state index in [-0.39, 0.29) is 0 Å². The quantitative estimate of drug-likeness (QED) is 0.210. The molecule has 2 fully saturated rings. The molecule has 4 aromatic carbocycles. The van der Waals surface area contributed by atoms with Crippen molar-refractivity contribution in [3.8, 4) is 0 Å². The first kappa shape index (κ1) is 23.5. The van der Waals surface area contributed by atoms with E-state index in [0.717, 1.165) is 48.9 Å². The molecule has 4 nitrogen and oxygen atoms in total. The minimum atomic E-state index is -3.11. The average molecular weight is 548 g/mol. The van der Waals surface area contributed by atoms with Gasteiger partial charge in [-0.2, -0.15) is 0 Å². The second-order valence-electron chi connectivity index (χ2n) is 9.12. The van der Waals surface area contributed by atoms with Crippen molar-refractivity contribution in [3.63, 3.8) is 0 Å². The van der Waals surface area contributed by atoms with Crippen molar-refractivity contribution in [1.29, 1.82) is 0 Å². The molecule has 0 aliphatic carbocycles. The fourth-order valence-corrected chi connectivity index (χ4v) is 24.0. The van der Waals surface area contributed by atoms with Crippen LogP contribution >= 0.6 is 22.2 Å². The third-order valence-electron chi connectivity index (χ3n) is 7.20. The van der Waals surface area contributed by atoms with Crippen LogP contribution in [0, 0.1) is 0 Å². The topological polar surface area (TPSA) is 13.0 Å². The van der Waals surface area contributed by atoms with E-state index in [2.05, 4.69) is 140 Å². The second-order valence-corrected chi connectivity index (χ2v) is 22.9. The number of nitrogens with zero attached hydrogens (tertiary/aromatic N) is 4. The molecule has 36 heavy (non-hydrogen) atoms. The second kappa shape index (κ2) is 9.52. The first-order valence-corrected chi connectivity index (χ1v) is 19.1. The fraction of sp³-hybridized carbons (Fsp3) is 0.143. The Bertz CT molecular complexity index is 1100. The van der Waals surface area contributed by atoms with Crippen LogP contribution in [0.3, 0.4) is 0 Å². The lowest BCUT2D eigenvalue weighted by molar-refractivity contribution is 1.02. The summed E-state index contributed by atoms with van der Waals surface area (Å²) in [6.45, 7) is 3.34. The van der Waals surface area contributed by atoms with Gasteiger partial charge in [0.05, 0.1) is 0 Å². The summed E-state index contributed by atoms with van der Waals surface area (Å²) < 4.78 is 9.83. The first-order valence-electron chi connectivity index (χ1n) is 12.3. The highest BCUT2D eigenvalue weighted by molar-refractivity contribution is 7.75. The number of para-hydroxylation sites is 4. The lowest BCUT2D eigenvalue weighted by Crippen LogP contribution is -2.82. The van der Waals surface area contributed by atoms with Gasteiger partial charge in [-0.25, -0.2) is 0 Å². The third kappa shape index (κ3) is 3.63. The molecule has 0 saturated carbocycles. The standard InChI is InChI=1S/C28H28Cl2N4Si2/c29-35(31(25-13-5-1-6-14-25)21-22-32(35)26-15-7-2-8-16-26)36(30)33(27-17-9-3-10-18-27)23-24-34(36)28-19-11-4-12-20-28/h1-20H,21-24H2. The maximum Gasteiger partial charge on any atom is 0.414 e. The van der Waals surface area contributed by atoms with E-state index in [0.29, 0.717) is 0 Å². The Kier molecular flexibility index (Phi) is 6.21. The lowest BCUT2D eigenvalue weighted by Gasteiger charge is -2.50. The van der Waals surface area contributed by atoms with Gasteiger partial charge in [0.1, 0.15) is 0 Å². The summed E-state index contributed by atoms with van der Waals surface area (Å²) in [4.78, 5) is 0. The monoisotopic (exact) mass is 546 g/mol. The van der Waals surface area contributed by atoms with Crippen LogP contribution < -0.4 is 18.3 Å². The number of halogens is 2. The van der Waals surface area contributed by atoms with Gasteiger partial charge >= 0.3 is 14.4 Å². The van der Waals surface area contributed by atoms with Gasteiger partial charge in [-0.15, -0.1) is 22.2 Å². The van der Waals surface area contributed by atoms with Gasteiger partial charge in [0.25, 0.3) is 0 Å².